The van der Waals surface area contributed by atoms with E-state index in [4.69, 9.17) is 11.6 Å². The van der Waals surface area contributed by atoms with Crippen LogP contribution in [-0.2, 0) is 0 Å². The second kappa shape index (κ2) is 7.10. The fraction of sp³-hybridized carbons (Fsp3) is 0.412. The van der Waals surface area contributed by atoms with Crippen LogP contribution >= 0.6 is 27.5 Å². The number of nitrogens with zero attached hydrogens (tertiary/aromatic N) is 1. The summed E-state index contributed by atoms with van der Waals surface area (Å²) in [7, 11) is 0. The van der Waals surface area contributed by atoms with Crippen LogP contribution in [0.5, 0.6) is 0 Å². The van der Waals surface area contributed by atoms with E-state index in [1.54, 1.807) is 17.0 Å². The van der Waals surface area contributed by atoms with Crippen LogP contribution in [0.25, 0.3) is 0 Å². The van der Waals surface area contributed by atoms with Crippen molar-refractivity contribution in [3.63, 3.8) is 0 Å². The number of halogens is 5. The van der Waals surface area contributed by atoms with Crippen molar-refractivity contribution in [3.05, 3.63) is 57.2 Å². The predicted molar refractivity (Wildman–Crippen MR) is 93.0 cm³/mol. The van der Waals surface area contributed by atoms with Gasteiger partial charge < -0.3 is 10.0 Å². The van der Waals surface area contributed by atoms with E-state index in [1.165, 1.54) is 31.3 Å². The second-order valence-corrected chi connectivity index (χ2v) is 7.05. The van der Waals surface area contributed by atoms with E-state index < -0.39 is 17.7 Å². The van der Waals surface area contributed by atoms with E-state index >= 15 is 0 Å². The molecule has 1 heterocycles. The minimum Gasteiger partial charge on any atom is -0.376 e. The maximum atomic E-state index is 13.9. The highest BCUT2D eigenvalue weighted by atomic mass is 79.9. The second-order valence-electron chi connectivity index (χ2n) is 5.73. The Bertz CT molecular complexity index is 674. The third-order valence-corrected chi connectivity index (χ3v) is 5.11. The van der Waals surface area contributed by atoms with Gasteiger partial charge in [-0.1, -0.05) is 52.7 Å². The van der Waals surface area contributed by atoms with Crippen LogP contribution in [0.3, 0.4) is 0 Å². The first-order valence-corrected chi connectivity index (χ1v) is 8.65. The molecule has 2 nitrogen and oxygen atoms in total. The maximum Gasteiger partial charge on any atom is 0.422 e. The average Bonchev–Trinajstić information content (AvgIpc) is 2.52. The lowest BCUT2D eigenvalue weighted by Gasteiger charge is -2.39. The number of likely N-dealkylation sites (N-methyl/N-ethyl adjacent to an activating group) is 1. The number of rotatable bonds is 4. The monoisotopic (exact) mass is 423 g/mol. The molecule has 2 rings (SSSR count). The molecular weight excluding hydrogens is 407 g/mol. The van der Waals surface area contributed by atoms with E-state index in [1.807, 2.05) is 6.92 Å². The number of hydrogen-bond donors (Lipinski definition) is 1. The highest BCUT2D eigenvalue weighted by molar-refractivity contribution is 9.10. The average molecular weight is 425 g/mol. The van der Waals surface area contributed by atoms with Gasteiger partial charge in [-0.05, 0) is 24.6 Å². The van der Waals surface area contributed by atoms with Crippen molar-refractivity contribution in [3.8, 4) is 0 Å². The van der Waals surface area contributed by atoms with Gasteiger partial charge >= 0.3 is 6.18 Å². The number of hydrogen-bond acceptors (Lipinski definition) is 2. The summed E-state index contributed by atoms with van der Waals surface area (Å²) in [5.74, 6) is -1.27. The summed E-state index contributed by atoms with van der Waals surface area (Å²) in [5.41, 5.74) is -2.98. The zero-order valence-electron chi connectivity index (χ0n) is 13.2. The summed E-state index contributed by atoms with van der Waals surface area (Å²) in [6, 6.07) is 4.63. The lowest BCUT2D eigenvalue weighted by molar-refractivity contribution is -0.250. The molecule has 132 valence electrons. The number of aliphatic hydroxyl groups is 1. The molecule has 0 spiro atoms. The molecule has 0 saturated carbocycles. The first-order chi connectivity index (χ1) is 11.1. The van der Waals surface area contributed by atoms with Gasteiger partial charge in [0.1, 0.15) is 0 Å². The van der Waals surface area contributed by atoms with Gasteiger partial charge in [-0.2, -0.15) is 13.2 Å². The Morgan fingerprint density at radius 1 is 1.38 bits per heavy atom. The van der Waals surface area contributed by atoms with Crippen LogP contribution in [0.2, 0.25) is 5.02 Å². The summed E-state index contributed by atoms with van der Waals surface area (Å²) >= 11 is 9.35. The van der Waals surface area contributed by atoms with E-state index in [-0.39, 0.29) is 16.2 Å². The zero-order valence-corrected chi connectivity index (χ0v) is 15.6. The van der Waals surface area contributed by atoms with Crippen LogP contribution in [0.15, 0.2) is 46.6 Å². The molecule has 1 aliphatic rings. The fourth-order valence-corrected chi connectivity index (χ4v) is 3.63. The molecule has 0 aliphatic carbocycles. The minimum atomic E-state index is -4.85. The summed E-state index contributed by atoms with van der Waals surface area (Å²) in [5, 5.41) is 10.9. The Morgan fingerprint density at radius 2 is 2.04 bits per heavy atom. The first kappa shape index (κ1) is 19.3. The Labute approximate surface area is 152 Å². The Balaban J connectivity index is 2.56. The van der Waals surface area contributed by atoms with Gasteiger partial charge in [-0.25, -0.2) is 0 Å². The van der Waals surface area contributed by atoms with Crippen LogP contribution in [-0.4, -0.2) is 34.9 Å². The highest BCUT2D eigenvalue weighted by Crippen LogP contribution is 2.48. The highest BCUT2D eigenvalue weighted by Gasteiger charge is 2.59. The third kappa shape index (κ3) is 3.51. The van der Waals surface area contributed by atoms with Gasteiger partial charge in [0.15, 0.2) is 5.60 Å². The molecule has 0 bridgehead atoms. The van der Waals surface area contributed by atoms with Crippen LogP contribution in [0.1, 0.15) is 25.3 Å². The zero-order chi connectivity index (χ0) is 18.1. The minimum absolute atomic E-state index is 0.173. The summed E-state index contributed by atoms with van der Waals surface area (Å²) in [6.07, 6.45) is -0.527. The topological polar surface area (TPSA) is 23.5 Å². The van der Waals surface area contributed by atoms with E-state index in [2.05, 4.69) is 15.9 Å². The van der Waals surface area contributed by atoms with Crippen molar-refractivity contribution >= 4 is 27.5 Å². The Morgan fingerprint density at radius 3 is 2.58 bits per heavy atom. The molecule has 7 heteroatoms. The summed E-state index contributed by atoms with van der Waals surface area (Å²) < 4.78 is 42.3. The van der Waals surface area contributed by atoms with E-state index in [9.17, 15) is 18.3 Å². The molecule has 24 heavy (non-hydrogen) atoms. The number of alkyl halides is 3. The van der Waals surface area contributed by atoms with Crippen molar-refractivity contribution in [1.82, 2.24) is 4.90 Å². The molecule has 1 aromatic rings. The molecule has 0 fully saturated rings. The first-order valence-electron chi connectivity index (χ1n) is 7.48. The van der Waals surface area contributed by atoms with Gasteiger partial charge in [0.05, 0.1) is 0 Å². The molecule has 1 N–H and O–H groups in total. The molecule has 2 atom stereocenters. The smallest absolute Gasteiger partial charge is 0.376 e. The molecule has 2 unspecified atom stereocenters. The normalized spacial score (nSPS) is 19.0. The van der Waals surface area contributed by atoms with E-state index in [0.717, 1.165) is 0 Å². The van der Waals surface area contributed by atoms with Crippen molar-refractivity contribution in [2.24, 2.45) is 0 Å². The van der Waals surface area contributed by atoms with Crippen LogP contribution < -0.4 is 0 Å². The van der Waals surface area contributed by atoms with Gasteiger partial charge in [0, 0.05) is 40.3 Å². The van der Waals surface area contributed by atoms with Crippen molar-refractivity contribution in [2.75, 3.05) is 13.1 Å². The molecule has 0 aromatic heterocycles. The van der Waals surface area contributed by atoms with Gasteiger partial charge in [0.25, 0.3) is 0 Å². The standard InChI is InChI=1S/C17H18BrClF3NO/c1-3-23-8-4-5-12(10-23)16(24,17(20,21)22)11(2)14-7-6-13(18)9-15(14)19/h4-7,9-11,24H,3,8H2,1-2H3. The molecular formula is C17H18BrClF3NO. The quantitative estimate of drug-likeness (QED) is 0.711. The fourth-order valence-electron chi connectivity index (χ4n) is 2.79. The molecule has 1 aliphatic heterocycles. The van der Waals surface area contributed by atoms with Gasteiger partial charge in [-0.15, -0.1) is 0 Å². The lowest BCUT2D eigenvalue weighted by atomic mass is 9.77. The number of benzene rings is 1. The van der Waals surface area contributed by atoms with Crippen LogP contribution in [0.4, 0.5) is 13.2 Å². The molecule has 0 amide bonds. The SMILES string of the molecule is CCN1C=C(C(O)(C(C)c2ccc(Br)cc2Cl)C(F)(F)F)C=CC1. The molecule has 0 saturated heterocycles. The van der Waals surface area contributed by atoms with Crippen molar-refractivity contribution in [2.45, 2.75) is 31.5 Å². The summed E-state index contributed by atoms with van der Waals surface area (Å²) in [4.78, 5) is 1.71. The van der Waals surface area contributed by atoms with Crippen molar-refractivity contribution < 1.29 is 18.3 Å². The third-order valence-electron chi connectivity index (χ3n) is 4.29. The van der Waals surface area contributed by atoms with Gasteiger partial charge in [-0.3, -0.25) is 0 Å². The maximum absolute atomic E-state index is 13.9. The van der Waals surface area contributed by atoms with Crippen molar-refractivity contribution in [1.29, 1.82) is 0 Å². The lowest BCUT2D eigenvalue weighted by Crippen LogP contribution is -2.51. The molecule has 1 aromatic carbocycles. The van der Waals surface area contributed by atoms with Crippen LogP contribution in [0, 0.1) is 0 Å². The predicted octanol–water partition coefficient (Wildman–Crippen LogP) is 5.28. The van der Waals surface area contributed by atoms with Gasteiger partial charge in [0.2, 0.25) is 0 Å². The van der Waals surface area contributed by atoms with E-state index in [0.29, 0.717) is 17.6 Å². The molecule has 0 radical (unpaired) electrons. The largest absolute Gasteiger partial charge is 0.422 e. The Kier molecular flexibility index (Phi) is 5.72. The summed E-state index contributed by atoms with van der Waals surface area (Å²) in [6.45, 7) is 4.24. The Hall–Kier alpha value is -0.980.